The van der Waals surface area contributed by atoms with E-state index in [9.17, 15) is 22.8 Å². The fourth-order valence-electron chi connectivity index (χ4n) is 1.94. The summed E-state index contributed by atoms with van der Waals surface area (Å²) < 4.78 is 27.5. The number of rotatable bonds is 5. The van der Waals surface area contributed by atoms with Gasteiger partial charge in [-0.05, 0) is 42.6 Å². The van der Waals surface area contributed by atoms with Crippen molar-refractivity contribution in [2.75, 3.05) is 18.2 Å². The van der Waals surface area contributed by atoms with Crippen molar-refractivity contribution < 1.29 is 27.5 Å². The van der Waals surface area contributed by atoms with E-state index in [4.69, 9.17) is 0 Å². The van der Waals surface area contributed by atoms with Gasteiger partial charge in [-0.25, -0.2) is 13.2 Å². The topological polar surface area (TPSA) is 119 Å². The zero-order valence-corrected chi connectivity index (χ0v) is 15.6. The number of hydrogen-bond donors (Lipinski definition) is 2. The molecule has 1 heterocycles. The molecule has 0 bridgehead atoms. The predicted octanol–water partition coefficient (Wildman–Crippen LogP) is 2.29. The molecule has 0 aliphatic rings. The number of nitrogens with one attached hydrogen (secondary N) is 2. The van der Waals surface area contributed by atoms with E-state index in [1.54, 1.807) is 12.3 Å². The zero-order valence-electron chi connectivity index (χ0n) is 13.9. The summed E-state index contributed by atoms with van der Waals surface area (Å²) in [4.78, 5) is 35.8. The monoisotopic (exact) mass is 396 g/mol. The molecule has 2 aromatic rings. The second-order valence-electron chi connectivity index (χ2n) is 5.09. The third-order valence-corrected chi connectivity index (χ3v) is 5.13. The van der Waals surface area contributed by atoms with Crippen LogP contribution >= 0.6 is 11.3 Å². The lowest BCUT2D eigenvalue weighted by atomic mass is 10.2. The van der Waals surface area contributed by atoms with Crippen molar-refractivity contribution >= 4 is 44.1 Å². The minimum Gasteiger partial charge on any atom is -0.450 e. The Balaban J connectivity index is 2.12. The Morgan fingerprint density at radius 1 is 1.08 bits per heavy atom. The van der Waals surface area contributed by atoms with Gasteiger partial charge in [0.05, 0.1) is 17.1 Å². The van der Waals surface area contributed by atoms with E-state index in [2.05, 4.69) is 10.1 Å². The molecule has 3 amide bonds. The lowest BCUT2D eigenvalue weighted by Crippen LogP contribution is -2.31. The van der Waals surface area contributed by atoms with Crippen LogP contribution in [0.5, 0.6) is 0 Å². The van der Waals surface area contributed by atoms with E-state index in [1.807, 2.05) is 5.32 Å². The number of carbonyl (C=O) groups is 3. The van der Waals surface area contributed by atoms with Gasteiger partial charge in [-0.15, -0.1) is 11.3 Å². The van der Waals surface area contributed by atoms with E-state index >= 15 is 0 Å². The van der Waals surface area contributed by atoms with Crippen molar-refractivity contribution in [3.8, 4) is 0 Å². The van der Waals surface area contributed by atoms with Gasteiger partial charge < -0.3 is 10.1 Å². The summed E-state index contributed by atoms with van der Waals surface area (Å²) in [7, 11) is -3.36. The van der Waals surface area contributed by atoms with Crippen molar-refractivity contribution in [3.05, 3.63) is 46.8 Å². The highest BCUT2D eigenvalue weighted by atomic mass is 32.2. The Hall–Kier alpha value is -2.72. The highest BCUT2D eigenvalue weighted by Crippen LogP contribution is 2.24. The maximum absolute atomic E-state index is 12.3. The van der Waals surface area contributed by atoms with Crippen LogP contribution < -0.4 is 10.6 Å². The van der Waals surface area contributed by atoms with Gasteiger partial charge in [0.15, 0.2) is 9.84 Å². The summed E-state index contributed by atoms with van der Waals surface area (Å²) >= 11 is 1.11. The predicted molar refractivity (Wildman–Crippen MR) is 96.3 cm³/mol. The first-order valence-electron chi connectivity index (χ1n) is 7.39. The summed E-state index contributed by atoms with van der Waals surface area (Å²) in [6, 6.07) is 6.86. The van der Waals surface area contributed by atoms with Crippen LogP contribution in [0.15, 0.2) is 40.6 Å². The average Bonchev–Trinajstić information content (AvgIpc) is 3.02. The van der Waals surface area contributed by atoms with Gasteiger partial charge in [-0.2, -0.15) is 0 Å². The number of thiophene rings is 1. The van der Waals surface area contributed by atoms with Gasteiger partial charge in [0.1, 0.15) is 5.00 Å². The summed E-state index contributed by atoms with van der Waals surface area (Å²) in [5.74, 6) is -1.22. The van der Waals surface area contributed by atoms with Crippen molar-refractivity contribution in [2.24, 2.45) is 0 Å². The average molecular weight is 396 g/mol. The summed E-state index contributed by atoms with van der Waals surface area (Å²) in [5.41, 5.74) is 0.340. The molecule has 0 aliphatic heterocycles. The highest BCUT2D eigenvalue weighted by Gasteiger charge is 2.18. The largest absolute Gasteiger partial charge is 0.450 e. The number of hydrogen-bond acceptors (Lipinski definition) is 7. The van der Waals surface area contributed by atoms with E-state index < -0.39 is 27.7 Å². The van der Waals surface area contributed by atoms with Crippen LogP contribution in [0, 0.1) is 0 Å². The van der Waals surface area contributed by atoms with Crippen LogP contribution in [-0.2, 0) is 14.6 Å². The van der Waals surface area contributed by atoms with Gasteiger partial charge in [-0.3, -0.25) is 14.9 Å². The Morgan fingerprint density at radius 2 is 1.73 bits per heavy atom. The molecule has 1 aromatic carbocycles. The van der Waals surface area contributed by atoms with Gasteiger partial charge >= 0.3 is 6.09 Å². The van der Waals surface area contributed by atoms with Crippen LogP contribution in [0.2, 0.25) is 0 Å². The Bertz CT molecular complexity index is 932. The van der Waals surface area contributed by atoms with Gasteiger partial charge in [0, 0.05) is 11.8 Å². The minimum absolute atomic E-state index is 0.0969. The van der Waals surface area contributed by atoms with Crippen LogP contribution in [0.1, 0.15) is 27.6 Å². The maximum Gasteiger partial charge on any atom is 0.414 e. The second kappa shape index (κ2) is 8.11. The number of imide groups is 1. The molecule has 0 saturated carbocycles. The molecule has 26 heavy (non-hydrogen) atoms. The van der Waals surface area contributed by atoms with Crippen LogP contribution in [0.3, 0.4) is 0 Å². The van der Waals surface area contributed by atoms with E-state index in [-0.39, 0.29) is 27.6 Å². The quantitative estimate of drug-likeness (QED) is 0.800. The van der Waals surface area contributed by atoms with Crippen LogP contribution in [0.4, 0.5) is 9.80 Å². The second-order valence-corrected chi connectivity index (χ2v) is 8.02. The Kier molecular flexibility index (Phi) is 6.11. The molecule has 2 N–H and O–H groups in total. The molecule has 8 nitrogen and oxygen atoms in total. The lowest BCUT2D eigenvalue weighted by molar-refractivity contribution is 0.0926. The molecule has 0 saturated heterocycles. The van der Waals surface area contributed by atoms with Gasteiger partial charge in [-0.1, -0.05) is 0 Å². The zero-order chi connectivity index (χ0) is 19.3. The summed E-state index contributed by atoms with van der Waals surface area (Å²) in [6.07, 6.45) is 0.194. The summed E-state index contributed by atoms with van der Waals surface area (Å²) in [5, 5.41) is 6.46. The SMILES string of the molecule is CCOC(=O)NC(=O)c1ccsc1NC(=O)c1ccc(S(C)(=O)=O)cc1. The van der Waals surface area contributed by atoms with Gasteiger partial charge in [0.25, 0.3) is 11.8 Å². The first-order valence-corrected chi connectivity index (χ1v) is 10.2. The normalized spacial score (nSPS) is 10.8. The van der Waals surface area contributed by atoms with Crippen molar-refractivity contribution in [1.29, 1.82) is 0 Å². The number of amides is 3. The van der Waals surface area contributed by atoms with E-state index in [0.717, 1.165) is 17.6 Å². The maximum atomic E-state index is 12.3. The van der Waals surface area contributed by atoms with Crippen molar-refractivity contribution in [2.45, 2.75) is 11.8 Å². The molecule has 0 radical (unpaired) electrons. The molecule has 2 rings (SSSR count). The standard InChI is InChI=1S/C16H16N2O6S2/c1-3-24-16(21)18-14(20)12-8-9-25-15(12)17-13(19)10-4-6-11(7-5-10)26(2,22)23/h4-9H,3H2,1-2H3,(H,17,19)(H,18,20,21). The highest BCUT2D eigenvalue weighted by molar-refractivity contribution is 7.90. The first-order chi connectivity index (χ1) is 12.2. The molecule has 0 unspecified atom stereocenters. The lowest BCUT2D eigenvalue weighted by Gasteiger charge is -2.07. The number of alkyl carbamates (subject to hydrolysis) is 1. The fourth-order valence-corrected chi connectivity index (χ4v) is 3.35. The fraction of sp³-hybridized carbons (Fsp3) is 0.188. The Morgan fingerprint density at radius 3 is 2.31 bits per heavy atom. The number of ether oxygens (including phenoxy) is 1. The number of benzene rings is 1. The molecule has 138 valence electrons. The van der Waals surface area contributed by atoms with Crippen LogP contribution in [-0.4, -0.2) is 39.2 Å². The van der Waals surface area contributed by atoms with E-state index in [1.165, 1.54) is 30.3 Å². The van der Waals surface area contributed by atoms with E-state index in [0.29, 0.717) is 0 Å². The van der Waals surface area contributed by atoms with Gasteiger partial charge in [0.2, 0.25) is 0 Å². The molecule has 10 heteroatoms. The third kappa shape index (κ3) is 4.90. The van der Waals surface area contributed by atoms with Crippen molar-refractivity contribution in [1.82, 2.24) is 5.32 Å². The van der Waals surface area contributed by atoms with Crippen LogP contribution in [0.25, 0.3) is 0 Å². The Labute approximate surface area is 154 Å². The molecule has 0 spiro atoms. The molecular formula is C16H16N2O6S2. The molecule has 0 aliphatic carbocycles. The third-order valence-electron chi connectivity index (χ3n) is 3.17. The number of carbonyl (C=O) groups excluding carboxylic acids is 3. The number of sulfone groups is 1. The minimum atomic E-state index is -3.36. The molecule has 0 fully saturated rings. The molecule has 1 aromatic heterocycles. The molecule has 0 atom stereocenters. The first kappa shape index (κ1) is 19.6. The van der Waals surface area contributed by atoms with Crippen molar-refractivity contribution in [3.63, 3.8) is 0 Å². The molecular weight excluding hydrogens is 380 g/mol. The smallest absolute Gasteiger partial charge is 0.414 e. The summed E-state index contributed by atoms with van der Waals surface area (Å²) in [6.45, 7) is 1.73. The number of anilines is 1.